The highest BCUT2D eigenvalue weighted by Crippen LogP contribution is 2.26. The Labute approximate surface area is 120 Å². The molecule has 2 unspecified atom stereocenters. The summed E-state index contributed by atoms with van der Waals surface area (Å²) in [5.74, 6) is -1.00. The van der Waals surface area contributed by atoms with E-state index >= 15 is 0 Å². The second kappa shape index (κ2) is 6.19. The van der Waals surface area contributed by atoms with Gasteiger partial charge in [0.05, 0.1) is 22.7 Å². The van der Waals surface area contributed by atoms with Crippen molar-refractivity contribution in [2.24, 2.45) is 0 Å². The van der Waals surface area contributed by atoms with Gasteiger partial charge in [-0.2, -0.15) is 5.26 Å². The molecule has 1 saturated heterocycles. The number of aliphatic carboxylic acids is 1. The number of nitrogens with zero attached hydrogens (tertiary/aromatic N) is 2. The van der Waals surface area contributed by atoms with E-state index in [2.05, 4.69) is 5.32 Å². The van der Waals surface area contributed by atoms with E-state index in [1.54, 1.807) is 0 Å². The van der Waals surface area contributed by atoms with E-state index < -0.39 is 17.0 Å². The fourth-order valence-corrected chi connectivity index (χ4v) is 2.17. The van der Waals surface area contributed by atoms with Gasteiger partial charge >= 0.3 is 5.97 Å². The number of nitriles is 1. The van der Waals surface area contributed by atoms with Crippen LogP contribution in [0.4, 0.5) is 11.4 Å². The first-order valence-corrected chi connectivity index (χ1v) is 6.32. The molecule has 0 radical (unpaired) electrons. The molecule has 1 aliphatic heterocycles. The van der Waals surface area contributed by atoms with Crippen molar-refractivity contribution in [2.45, 2.75) is 25.0 Å². The number of carboxylic acid groups (broad SMARTS) is 1. The number of nitrogens with one attached hydrogen (secondary N) is 1. The molecule has 0 saturated carbocycles. The number of carbonyl (C=O) groups is 1. The van der Waals surface area contributed by atoms with Crippen molar-refractivity contribution in [3.8, 4) is 6.07 Å². The summed E-state index contributed by atoms with van der Waals surface area (Å²) in [7, 11) is 0. The van der Waals surface area contributed by atoms with Crippen molar-refractivity contribution in [3.63, 3.8) is 0 Å². The van der Waals surface area contributed by atoms with Gasteiger partial charge in [0.25, 0.3) is 5.69 Å². The molecule has 21 heavy (non-hydrogen) atoms. The summed E-state index contributed by atoms with van der Waals surface area (Å²) in [5, 5.41) is 31.5. The second-order valence-electron chi connectivity index (χ2n) is 4.64. The average Bonchev–Trinajstić information content (AvgIpc) is 2.93. The lowest BCUT2D eigenvalue weighted by atomic mass is 10.1. The summed E-state index contributed by atoms with van der Waals surface area (Å²) in [6.07, 6.45) is -0.161. The van der Waals surface area contributed by atoms with Gasteiger partial charge in [-0.25, -0.2) is 4.79 Å². The lowest BCUT2D eigenvalue weighted by Gasteiger charge is -2.13. The number of anilines is 1. The zero-order valence-corrected chi connectivity index (χ0v) is 11.0. The molecule has 110 valence electrons. The van der Waals surface area contributed by atoms with Gasteiger partial charge in [-0.15, -0.1) is 0 Å². The lowest BCUT2D eigenvalue weighted by molar-refractivity contribution is -0.384. The largest absolute Gasteiger partial charge is 0.479 e. The number of nitro groups is 1. The first kappa shape index (κ1) is 14.7. The van der Waals surface area contributed by atoms with Gasteiger partial charge in [-0.3, -0.25) is 10.1 Å². The molecule has 0 spiro atoms. The van der Waals surface area contributed by atoms with Gasteiger partial charge in [-0.1, -0.05) is 0 Å². The van der Waals surface area contributed by atoms with E-state index in [1.165, 1.54) is 18.2 Å². The minimum atomic E-state index is -1.00. The van der Waals surface area contributed by atoms with Gasteiger partial charge in [0.15, 0.2) is 6.10 Å². The number of carboxylic acids is 1. The van der Waals surface area contributed by atoms with Gasteiger partial charge in [-0.05, 0) is 25.0 Å². The van der Waals surface area contributed by atoms with Crippen LogP contribution >= 0.6 is 0 Å². The molecule has 1 aliphatic rings. The van der Waals surface area contributed by atoms with E-state index in [-0.39, 0.29) is 24.0 Å². The summed E-state index contributed by atoms with van der Waals surface area (Å²) in [4.78, 5) is 21.2. The molecule has 1 aromatic carbocycles. The highest BCUT2D eigenvalue weighted by molar-refractivity contribution is 5.72. The predicted molar refractivity (Wildman–Crippen MR) is 71.8 cm³/mol. The van der Waals surface area contributed by atoms with Crippen molar-refractivity contribution in [1.82, 2.24) is 0 Å². The van der Waals surface area contributed by atoms with E-state index in [0.717, 1.165) is 0 Å². The van der Waals surface area contributed by atoms with Crippen molar-refractivity contribution >= 4 is 17.3 Å². The quantitative estimate of drug-likeness (QED) is 0.622. The summed E-state index contributed by atoms with van der Waals surface area (Å²) in [5.41, 5.74) is 0.391. The minimum Gasteiger partial charge on any atom is -0.479 e. The molecular formula is C13H13N3O5. The topological polar surface area (TPSA) is 125 Å². The SMILES string of the molecule is N#Cc1ccc([N+](=O)[O-])c(NCC2CCC(C(=O)O)O2)c1. The fraction of sp³-hybridized carbons (Fsp3) is 0.385. The molecule has 0 amide bonds. The number of benzene rings is 1. The zero-order valence-electron chi connectivity index (χ0n) is 11.0. The Morgan fingerprint density at radius 3 is 2.90 bits per heavy atom. The van der Waals surface area contributed by atoms with Crippen molar-refractivity contribution in [1.29, 1.82) is 5.26 Å². The number of nitro benzene ring substituents is 1. The van der Waals surface area contributed by atoms with Gasteiger partial charge < -0.3 is 15.2 Å². The van der Waals surface area contributed by atoms with Crippen LogP contribution in [0, 0.1) is 21.4 Å². The molecule has 8 heteroatoms. The Kier molecular flexibility index (Phi) is 4.35. The molecular weight excluding hydrogens is 278 g/mol. The zero-order chi connectivity index (χ0) is 15.4. The summed E-state index contributed by atoms with van der Waals surface area (Å²) in [6.45, 7) is 0.250. The van der Waals surface area contributed by atoms with E-state index in [1.807, 2.05) is 6.07 Å². The van der Waals surface area contributed by atoms with Gasteiger partial charge in [0.2, 0.25) is 0 Å². The molecule has 2 rings (SSSR count). The Morgan fingerprint density at radius 2 is 2.33 bits per heavy atom. The molecule has 8 nitrogen and oxygen atoms in total. The van der Waals surface area contributed by atoms with Gasteiger partial charge in [0.1, 0.15) is 5.69 Å². The molecule has 0 bridgehead atoms. The van der Waals surface area contributed by atoms with E-state index in [9.17, 15) is 14.9 Å². The highest BCUT2D eigenvalue weighted by Gasteiger charge is 2.30. The maximum absolute atomic E-state index is 10.9. The maximum atomic E-state index is 10.9. The molecule has 0 aromatic heterocycles. The van der Waals surface area contributed by atoms with Crippen LogP contribution in [-0.2, 0) is 9.53 Å². The van der Waals surface area contributed by atoms with Crippen LogP contribution < -0.4 is 5.32 Å². The number of ether oxygens (including phenoxy) is 1. The van der Waals surface area contributed by atoms with Crippen LogP contribution in [0.3, 0.4) is 0 Å². The summed E-state index contributed by atoms with van der Waals surface area (Å²) < 4.78 is 5.30. The van der Waals surface area contributed by atoms with Crippen LogP contribution in [0.25, 0.3) is 0 Å². The summed E-state index contributed by atoms with van der Waals surface area (Å²) >= 11 is 0. The Bertz CT molecular complexity index is 610. The van der Waals surface area contributed by atoms with Crippen LogP contribution in [0.5, 0.6) is 0 Å². The lowest BCUT2D eigenvalue weighted by Crippen LogP contribution is -2.24. The molecule has 2 atom stereocenters. The van der Waals surface area contributed by atoms with Crippen LogP contribution in [0.2, 0.25) is 0 Å². The standard InChI is InChI=1S/C13H13N3O5/c14-6-8-1-3-11(16(19)20)10(5-8)15-7-9-2-4-12(21-9)13(17)18/h1,3,5,9,12,15H,2,4,7H2,(H,17,18). The molecule has 1 fully saturated rings. The normalized spacial score (nSPS) is 20.7. The number of hydrogen-bond donors (Lipinski definition) is 2. The first-order chi connectivity index (χ1) is 10.0. The van der Waals surface area contributed by atoms with Crippen molar-refractivity contribution in [3.05, 3.63) is 33.9 Å². The Morgan fingerprint density at radius 1 is 1.57 bits per heavy atom. The predicted octanol–water partition coefficient (Wildman–Crippen LogP) is 1.51. The highest BCUT2D eigenvalue weighted by atomic mass is 16.6. The number of rotatable bonds is 5. The third-order valence-electron chi connectivity index (χ3n) is 3.23. The Hall–Kier alpha value is -2.66. The third kappa shape index (κ3) is 3.46. The van der Waals surface area contributed by atoms with E-state index in [0.29, 0.717) is 18.4 Å². The van der Waals surface area contributed by atoms with Crippen LogP contribution in [0.15, 0.2) is 18.2 Å². The fourth-order valence-electron chi connectivity index (χ4n) is 2.17. The van der Waals surface area contributed by atoms with Gasteiger partial charge in [0, 0.05) is 12.6 Å². The minimum absolute atomic E-state index is 0.137. The monoisotopic (exact) mass is 291 g/mol. The van der Waals surface area contributed by atoms with Crippen molar-refractivity contribution in [2.75, 3.05) is 11.9 Å². The molecule has 1 heterocycles. The van der Waals surface area contributed by atoms with Crippen LogP contribution in [-0.4, -0.2) is 34.8 Å². The second-order valence-corrected chi connectivity index (χ2v) is 4.64. The maximum Gasteiger partial charge on any atom is 0.332 e. The molecule has 0 aliphatic carbocycles. The van der Waals surface area contributed by atoms with E-state index in [4.69, 9.17) is 15.1 Å². The number of hydrogen-bond acceptors (Lipinski definition) is 6. The van der Waals surface area contributed by atoms with Crippen molar-refractivity contribution < 1.29 is 19.6 Å². The molecule has 2 N–H and O–H groups in total. The Balaban J connectivity index is 2.04. The molecule has 1 aromatic rings. The first-order valence-electron chi connectivity index (χ1n) is 6.32. The third-order valence-corrected chi connectivity index (χ3v) is 3.23. The average molecular weight is 291 g/mol. The summed E-state index contributed by atoms with van der Waals surface area (Å²) in [6, 6.07) is 5.93. The van der Waals surface area contributed by atoms with Crippen LogP contribution in [0.1, 0.15) is 18.4 Å². The smallest absolute Gasteiger partial charge is 0.332 e.